The van der Waals surface area contributed by atoms with Crippen molar-refractivity contribution in [2.45, 2.75) is 45.7 Å². The number of aryl methyl sites for hydroxylation is 3. The van der Waals surface area contributed by atoms with E-state index in [-0.39, 0.29) is 17.8 Å². The first kappa shape index (κ1) is 20.5. The minimum Gasteiger partial charge on any atom is -0.250 e. The molecule has 1 fully saturated rings. The van der Waals surface area contributed by atoms with E-state index in [1.54, 1.807) is 10.8 Å². The van der Waals surface area contributed by atoms with Crippen LogP contribution in [-0.4, -0.2) is 24.6 Å². The minimum absolute atomic E-state index is 0.0645. The van der Waals surface area contributed by atoms with Crippen molar-refractivity contribution in [1.29, 1.82) is 0 Å². The Kier molecular flexibility index (Phi) is 4.65. The Balaban J connectivity index is 1.40. The van der Waals surface area contributed by atoms with Crippen LogP contribution in [-0.2, 0) is 0 Å². The fraction of sp³-hybridized carbons (Fsp3) is 0.304. The highest BCUT2D eigenvalue weighted by Crippen LogP contribution is 2.37. The van der Waals surface area contributed by atoms with Gasteiger partial charge in [-0.25, -0.2) is 39.1 Å². The van der Waals surface area contributed by atoms with Crippen molar-refractivity contribution >= 4 is 37.4 Å². The molecule has 5 aromatic rings. The third-order valence-electron chi connectivity index (χ3n) is 6.24. The molecule has 2 N–H and O–H groups in total. The summed E-state index contributed by atoms with van der Waals surface area (Å²) >= 11 is 1.33. The normalized spacial score (nSPS) is 19.0. The zero-order chi connectivity index (χ0) is 22.9. The molecule has 0 saturated carbocycles. The third-order valence-corrected chi connectivity index (χ3v) is 7.31. The van der Waals surface area contributed by atoms with E-state index in [1.807, 2.05) is 6.92 Å². The fourth-order valence-corrected chi connectivity index (χ4v) is 5.84. The largest absolute Gasteiger partial charge is 0.280 e. The molecule has 0 spiro atoms. The topological polar surface area (TPSA) is 80.0 Å². The number of aromatic nitrogens is 5. The predicted molar refractivity (Wildman–Crippen MR) is 123 cm³/mol. The van der Waals surface area contributed by atoms with Gasteiger partial charge in [-0.2, -0.15) is 0 Å². The van der Waals surface area contributed by atoms with Crippen LogP contribution in [0.3, 0.4) is 0 Å². The number of fused-ring (bicyclic) bond motifs is 5. The fourth-order valence-electron chi connectivity index (χ4n) is 4.66. The number of pyridine rings is 1. The molecule has 1 saturated heterocycles. The van der Waals surface area contributed by atoms with E-state index < -0.39 is 6.43 Å². The quantitative estimate of drug-likeness (QED) is 0.389. The van der Waals surface area contributed by atoms with E-state index in [0.29, 0.717) is 16.3 Å². The smallest absolute Gasteiger partial charge is 0.250 e. The van der Waals surface area contributed by atoms with E-state index in [1.165, 1.54) is 34.1 Å². The summed E-state index contributed by atoms with van der Waals surface area (Å²) in [5.74, 6) is 0.666. The summed E-state index contributed by atoms with van der Waals surface area (Å²) in [5.41, 5.74) is 12.3. The molecule has 2 atom stereocenters. The molecule has 5 heterocycles. The highest BCUT2D eigenvalue weighted by atomic mass is 32.1. The van der Waals surface area contributed by atoms with Gasteiger partial charge in [-0.15, -0.1) is 16.4 Å². The number of rotatable bonds is 3. The standard InChI is InChI=1S/C23H21F2N7S/c1-10-4-5-13(11(2)6-10)14-8-16(30-29-14)21-28-22-19-18(26-9-32(22)31-21)17-12(3)7-15(20(24)25)27-23(17)33-19/h4-7,9,14,16,20,29-30H,8H2,1-3H3. The number of hydrazine groups is 1. The number of hydrogen-bond donors (Lipinski definition) is 2. The Morgan fingerprint density at radius 2 is 1.88 bits per heavy atom. The summed E-state index contributed by atoms with van der Waals surface area (Å²) in [6.07, 6.45) is -0.176. The monoisotopic (exact) mass is 465 g/mol. The molecule has 1 aliphatic rings. The second-order valence-corrected chi connectivity index (χ2v) is 9.60. The molecule has 1 aromatic carbocycles. The van der Waals surface area contributed by atoms with Gasteiger partial charge in [0.15, 0.2) is 11.5 Å². The van der Waals surface area contributed by atoms with Crippen LogP contribution in [0.5, 0.6) is 0 Å². The lowest BCUT2D eigenvalue weighted by atomic mass is 9.96. The lowest BCUT2D eigenvalue weighted by Gasteiger charge is -2.13. The van der Waals surface area contributed by atoms with Crippen LogP contribution in [0, 0.1) is 20.8 Å². The molecular formula is C23H21F2N7S. The first-order chi connectivity index (χ1) is 15.9. The average molecular weight is 466 g/mol. The summed E-state index contributed by atoms with van der Waals surface area (Å²) in [6, 6.07) is 8.00. The number of thiophene rings is 1. The van der Waals surface area contributed by atoms with Gasteiger partial charge in [0.1, 0.15) is 21.6 Å². The van der Waals surface area contributed by atoms with Crippen molar-refractivity contribution < 1.29 is 8.78 Å². The molecule has 0 amide bonds. The summed E-state index contributed by atoms with van der Waals surface area (Å²) in [7, 11) is 0. The molecular weight excluding hydrogens is 444 g/mol. The van der Waals surface area contributed by atoms with Gasteiger partial charge in [-0.05, 0) is 49.9 Å². The SMILES string of the molecule is Cc1ccc(C2CC(c3nc4c5sc6nc(C(F)F)cc(C)c6c5ncn4n3)NN2)c(C)c1. The van der Waals surface area contributed by atoms with Gasteiger partial charge in [0.25, 0.3) is 6.43 Å². The molecule has 168 valence electrons. The molecule has 10 heteroatoms. The van der Waals surface area contributed by atoms with E-state index in [2.05, 4.69) is 58.0 Å². The Bertz CT molecular complexity index is 1540. The molecule has 0 radical (unpaired) electrons. The van der Waals surface area contributed by atoms with Crippen LogP contribution < -0.4 is 10.9 Å². The van der Waals surface area contributed by atoms with Crippen molar-refractivity contribution in [3.8, 4) is 0 Å². The first-order valence-electron chi connectivity index (χ1n) is 10.7. The first-order valence-corrected chi connectivity index (χ1v) is 11.5. The average Bonchev–Trinajstić information content (AvgIpc) is 3.49. The van der Waals surface area contributed by atoms with Gasteiger partial charge in [0, 0.05) is 11.4 Å². The molecule has 0 aliphatic carbocycles. The van der Waals surface area contributed by atoms with Crippen molar-refractivity contribution in [3.63, 3.8) is 0 Å². The zero-order valence-electron chi connectivity index (χ0n) is 18.2. The van der Waals surface area contributed by atoms with Crippen molar-refractivity contribution in [3.05, 3.63) is 64.4 Å². The van der Waals surface area contributed by atoms with E-state index in [9.17, 15) is 8.78 Å². The predicted octanol–water partition coefficient (Wildman–Crippen LogP) is 5.03. The van der Waals surface area contributed by atoms with Crippen LogP contribution >= 0.6 is 11.3 Å². The lowest BCUT2D eigenvalue weighted by Crippen LogP contribution is -2.27. The van der Waals surface area contributed by atoms with Crippen LogP contribution in [0.1, 0.15) is 58.7 Å². The van der Waals surface area contributed by atoms with Crippen molar-refractivity contribution in [2.24, 2.45) is 0 Å². The molecule has 6 rings (SSSR count). The van der Waals surface area contributed by atoms with E-state index in [0.717, 1.165) is 27.6 Å². The Hall–Kier alpha value is -3.08. The third kappa shape index (κ3) is 3.28. The second kappa shape index (κ2) is 7.47. The number of benzene rings is 1. The molecule has 0 bridgehead atoms. The van der Waals surface area contributed by atoms with Gasteiger partial charge in [-0.3, -0.25) is 0 Å². The van der Waals surface area contributed by atoms with Crippen LogP contribution in [0.15, 0.2) is 30.6 Å². The molecule has 4 aromatic heterocycles. The zero-order valence-corrected chi connectivity index (χ0v) is 19.0. The number of hydrogen-bond acceptors (Lipinski definition) is 7. The van der Waals surface area contributed by atoms with Crippen LogP contribution in [0.25, 0.3) is 26.1 Å². The van der Waals surface area contributed by atoms with Crippen molar-refractivity contribution in [2.75, 3.05) is 0 Å². The molecule has 1 aliphatic heterocycles. The maximum absolute atomic E-state index is 13.2. The summed E-state index contributed by atoms with van der Waals surface area (Å²) in [4.78, 5) is 14.1. The highest BCUT2D eigenvalue weighted by Gasteiger charge is 2.30. The maximum atomic E-state index is 13.2. The van der Waals surface area contributed by atoms with E-state index in [4.69, 9.17) is 4.98 Å². The Morgan fingerprint density at radius 1 is 1.06 bits per heavy atom. The van der Waals surface area contributed by atoms with Gasteiger partial charge in [0.05, 0.1) is 11.6 Å². The number of halogens is 2. The summed E-state index contributed by atoms with van der Waals surface area (Å²) in [6.45, 7) is 6.03. The van der Waals surface area contributed by atoms with Crippen LogP contribution in [0.4, 0.5) is 8.78 Å². The Labute approximate surface area is 191 Å². The molecule has 2 unspecified atom stereocenters. The minimum atomic E-state index is -2.61. The second-order valence-electron chi connectivity index (χ2n) is 8.60. The summed E-state index contributed by atoms with van der Waals surface area (Å²) in [5, 5.41) is 5.45. The number of nitrogens with zero attached hydrogens (tertiary/aromatic N) is 5. The summed E-state index contributed by atoms with van der Waals surface area (Å²) < 4.78 is 28.9. The lowest BCUT2D eigenvalue weighted by molar-refractivity contribution is 0.146. The Morgan fingerprint density at radius 3 is 2.67 bits per heavy atom. The van der Waals surface area contributed by atoms with Gasteiger partial charge < -0.3 is 0 Å². The van der Waals surface area contributed by atoms with Crippen LogP contribution in [0.2, 0.25) is 0 Å². The highest BCUT2D eigenvalue weighted by molar-refractivity contribution is 7.26. The molecule has 33 heavy (non-hydrogen) atoms. The molecule has 7 nitrogen and oxygen atoms in total. The van der Waals surface area contributed by atoms with Gasteiger partial charge in [0.2, 0.25) is 0 Å². The van der Waals surface area contributed by atoms with E-state index >= 15 is 0 Å². The van der Waals surface area contributed by atoms with Gasteiger partial charge >= 0.3 is 0 Å². The van der Waals surface area contributed by atoms with Gasteiger partial charge in [-0.1, -0.05) is 23.8 Å². The van der Waals surface area contributed by atoms with Crippen molar-refractivity contribution in [1.82, 2.24) is 35.4 Å². The maximum Gasteiger partial charge on any atom is 0.280 e. The number of nitrogens with one attached hydrogen (secondary N) is 2. The number of alkyl halides is 2.